The second kappa shape index (κ2) is 4.15. The highest BCUT2D eigenvalue weighted by atomic mass is 16.4. The van der Waals surface area contributed by atoms with Crippen molar-refractivity contribution in [2.75, 3.05) is 0 Å². The maximum absolute atomic E-state index is 11.0. The first-order valence-corrected chi connectivity index (χ1v) is 4.23. The van der Waals surface area contributed by atoms with Crippen molar-refractivity contribution >= 4 is 17.5 Å². The Morgan fingerprint density at radius 3 is 2.64 bits per heavy atom. The average Bonchev–Trinajstić information content (AvgIpc) is 2.11. The topological polar surface area (TPSA) is 97.5 Å². The van der Waals surface area contributed by atoms with Crippen molar-refractivity contribution in [2.45, 2.75) is 25.3 Å². The van der Waals surface area contributed by atoms with Gasteiger partial charge in [-0.05, 0) is 6.42 Å². The number of aliphatic carboxylic acids is 1. The monoisotopic (exact) mass is 197 g/mol. The summed E-state index contributed by atoms with van der Waals surface area (Å²) < 4.78 is 0. The van der Waals surface area contributed by atoms with Gasteiger partial charge in [0, 0.05) is 12.8 Å². The number of hydrogen-bond donors (Lipinski definition) is 2. The van der Waals surface area contributed by atoms with Crippen molar-refractivity contribution in [2.24, 2.45) is 5.73 Å². The molecule has 0 fully saturated rings. The normalized spacial score (nSPS) is 19.1. The van der Waals surface area contributed by atoms with Gasteiger partial charge in [0.05, 0.1) is 0 Å². The highest BCUT2D eigenvalue weighted by Gasteiger charge is 2.22. The van der Waals surface area contributed by atoms with Crippen molar-refractivity contribution < 1.29 is 19.5 Å². The van der Waals surface area contributed by atoms with Crippen molar-refractivity contribution in [3.63, 3.8) is 0 Å². The van der Waals surface area contributed by atoms with Crippen LogP contribution in [-0.4, -0.2) is 28.7 Å². The van der Waals surface area contributed by atoms with Gasteiger partial charge in [-0.25, -0.2) is 0 Å². The molecule has 0 aromatic carbocycles. The van der Waals surface area contributed by atoms with Gasteiger partial charge in [0.25, 0.3) is 0 Å². The van der Waals surface area contributed by atoms with E-state index in [9.17, 15) is 14.4 Å². The smallest absolute Gasteiger partial charge is 0.320 e. The Morgan fingerprint density at radius 1 is 1.50 bits per heavy atom. The van der Waals surface area contributed by atoms with Gasteiger partial charge in [0.2, 0.25) is 11.6 Å². The number of ketones is 2. The van der Waals surface area contributed by atoms with E-state index in [1.54, 1.807) is 6.08 Å². The number of allylic oxidation sites excluding steroid dienone is 1. The predicted molar refractivity (Wildman–Crippen MR) is 47.6 cm³/mol. The van der Waals surface area contributed by atoms with E-state index in [-0.39, 0.29) is 19.3 Å². The lowest BCUT2D eigenvalue weighted by Gasteiger charge is -2.13. The van der Waals surface area contributed by atoms with Crippen LogP contribution in [0, 0.1) is 0 Å². The predicted octanol–water partition coefficient (Wildman–Crippen LogP) is -0.353. The summed E-state index contributed by atoms with van der Waals surface area (Å²) >= 11 is 0. The first kappa shape index (κ1) is 10.6. The molecule has 0 aromatic heterocycles. The Hall–Kier alpha value is -1.49. The molecule has 0 saturated heterocycles. The molecule has 1 atom stereocenters. The average molecular weight is 197 g/mol. The summed E-state index contributed by atoms with van der Waals surface area (Å²) in [6.45, 7) is 0. The van der Waals surface area contributed by atoms with E-state index in [4.69, 9.17) is 10.8 Å². The molecule has 3 N–H and O–H groups in total. The van der Waals surface area contributed by atoms with Gasteiger partial charge in [-0.1, -0.05) is 11.6 Å². The van der Waals surface area contributed by atoms with Gasteiger partial charge in [-0.3, -0.25) is 14.4 Å². The molecule has 0 bridgehead atoms. The highest BCUT2D eigenvalue weighted by Crippen LogP contribution is 2.16. The number of carbonyl (C=O) groups excluding carboxylic acids is 2. The summed E-state index contributed by atoms with van der Waals surface area (Å²) in [7, 11) is 0. The van der Waals surface area contributed by atoms with Gasteiger partial charge >= 0.3 is 5.97 Å². The highest BCUT2D eigenvalue weighted by molar-refractivity contribution is 6.38. The van der Waals surface area contributed by atoms with Crippen LogP contribution in [0.1, 0.15) is 19.3 Å². The maximum atomic E-state index is 11.0. The van der Waals surface area contributed by atoms with Crippen LogP contribution < -0.4 is 5.73 Å². The standard InChI is InChI=1S/C9H11NO4/c10-6(9(13)14)3-5-1-2-7(11)8(12)4-5/h1,6H,2-4,10H2,(H,13,14). The third kappa shape index (κ3) is 2.50. The summed E-state index contributed by atoms with van der Waals surface area (Å²) in [5.74, 6) is -1.98. The summed E-state index contributed by atoms with van der Waals surface area (Å²) in [5.41, 5.74) is 5.93. The van der Waals surface area contributed by atoms with Crippen LogP contribution in [-0.2, 0) is 14.4 Å². The second-order valence-electron chi connectivity index (χ2n) is 3.24. The van der Waals surface area contributed by atoms with E-state index in [2.05, 4.69) is 0 Å². The lowest BCUT2D eigenvalue weighted by Crippen LogP contribution is -2.31. The largest absolute Gasteiger partial charge is 0.480 e. The van der Waals surface area contributed by atoms with E-state index in [1.807, 2.05) is 0 Å². The van der Waals surface area contributed by atoms with Crippen LogP contribution in [0.25, 0.3) is 0 Å². The Morgan fingerprint density at radius 2 is 2.14 bits per heavy atom. The quantitative estimate of drug-likeness (QED) is 0.476. The number of Topliss-reactive ketones (excluding diaryl/α,β-unsaturated/α-hetero) is 2. The first-order valence-electron chi connectivity index (χ1n) is 4.23. The van der Waals surface area contributed by atoms with Crippen molar-refractivity contribution in [3.8, 4) is 0 Å². The molecule has 5 heteroatoms. The van der Waals surface area contributed by atoms with Gasteiger partial charge in [-0.15, -0.1) is 0 Å². The fourth-order valence-corrected chi connectivity index (χ4v) is 1.25. The lowest BCUT2D eigenvalue weighted by atomic mass is 9.93. The zero-order valence-electron chi connectivity index (χ0n) is 7.53. The second-order valence-corrected chi connectivity index (χ2v) is 3.24. The van der Waals surface area contributed by atoms with E-state index in [0.717, 1.165) is 0 Å². The minimum atomic E-state index is -1.10. The van der Waals surface area contributed by atoms with E-state index in [1.165, 1.54) is 0 Å². The fourth-order valence-electron chi connectivity index (χ4n) is 1.25. The van der Waals surface area contributed by atoms with Crippen LogP contribution in [0.5, 0.6) is 0 Å². The van der Waals surface area contributed by atoms with Gasteiger partial charge < -0.3 is 10.8 Å². The molecular weight excluding hydrogens is 186 g/mol. The van der Waals surface area contributed by atoms with Crippen molar-refractivity contribution in [1.82, 2.24) is 0 Å². The zero-order valence-corrected chi connectivity index (χ0v) is 7.53. The van der Waals surface area contributed by atoms with Crippen LogP contribution in [0.3, 0.4) is 0 Å². The van der Waals surface area contributed by atoms with Crippen LogP contribution in [0.4, 0.5) is 0 Å². The van der Waals surface area contributed by atoms with Crippen LogP contribution in [0.2, 0.25) is 0 Å². The molecular formula is C9H11NO4. The van der Waals surface area contributed by atoms with Crippen LogP contribution >= 0.6 is 0 Å². The fraction of sp³-hybridized carbons (Fsp3) is 0.444. The molecule has 5 nitrogen and oxygen atoms in total. The molecule has 1 aliphatic rings. The molecule has 0 radical (unpaired) electrons. The molecule has 76 valence electrons. The number of carbonyl (C=O) groups is 3. The molecule has 0 saturated carbocycles. The van der Waals surface area contributed by atoms with E-state index >= 15 is 0 Å². The molecule has 0 heterocycles. The summed E-state index contributed by atoms with van der Waals surface area (Å²) in [6, 6.07) is -0.998. The summed E-state index contributed by atoms with van der Waals surface area (Å²) in [6.07, 6.45) is 1.81. The Labute approximate surface area is 80.6 Å². The zero-order chi connectivity index (χ0) is 10.7. The summed E-state index contributed by atoms with van der Waals surface area (Å²) in [5, 5.41) is 8.53. The van der Waals surface area contributed by atoms with Crippen molar-refractivity contribution in [1.29, 1.82) is 0 Å². The molecule has 1 unspecified atom stereocenters. The summed E-state index contributed by atoms with van der Waals surface area (Å²) in [4.78, 5) is 32.2. The number of hydrogen-bond acceptors (Lipinski definition) is 4. The number of rotatable bonds is 3. The van der Waals surface area contributed by atoms with E-state index < -0.39 is 23.6 Å². The molecule has 0 spiro atoms. The molecule has 0 aromatic rings. The first-order chi connectivity index (χ1) is 6.50. The minimum Gasteiger partial charge on any atom is -0.480 e. The third-order valence-electron chi connectivity index (χ3n) is 2.07. The molecule has 1 rings (SSSR count). The molecule has 1 aliphatic carbocycles. The third-order valence-corrected chi connectivity index (χ3v) is 2.07. The Kier molecular flexibility index (Phi) is 3.14. The Balaban J connectivity index is 2.59. The molecule has 0 aliphatic heterocycles. The molecule has 0 amide bonds. The minimum absolute atomic E-state index is 0.0137. The van der Waals surface area contributed by atoms with Crippen molar-refractivity contribution in [3.05, 3.63) is 11.6 Å². The Bertz CT molecular complexity index is 319. The number of nitrogens with two attached hydrogens (primary N) is 1. The number of carboxylic acids is 1. The van der Waals surface area contributed by atoms with Crippen LogP contribution in [0.15, 0.2) is 11.6 Å². The lowest BCUT2D eigenvalue weighted by molar-refractivity contribution is -0.138. The van der Waals surface area contributed by atoms with Gasteiger partial charge in [-0.2, -0.15) is 0 Å². The number of carboxylic acid groups (broad SMARTS) is 1. The SMILES string of the molecule is NC(CC1=CCC(=O)C(=O)C1)C(=O)O. The van der Waals surface area contributed by atoms with E-state index in [0.29, 0.717) is 5.57 Å². The van der Waals surface area contributed by atoms with Gasteiger partial charge in [0.1, 0.15) is 6.04 Å². The molecule has 14 heavy (non-hydrogen) atoms. The van der Waals surface area contributed by atoms with Gasteiger partial charge in [0.15, 0.2) is 0 Å². The maximum Gasteiger partial charge on any atom is 0.320 e.